The molecule has 0 aliphatic heterocycles. The minimum absolute atomic E-state index is 0.114. The van der Waals surface area contributed by atoms with Gasteiger partial charge >= 0.3 is 0 Å². The lowest BCUT2D eigenvalue weighted by Gasteiger charge is -2.26. The number of nitrogens with zero attached hydrogens (tertiary/aromatic N) is 6. The van der Waals surface area contributed by atoms with Crippen molar-refractivity contribution in [3.63, 3.8) is 0 Å². The fourth-order valence-electron chi connectivity index (χ4n) is 5.24. The van der Waals surface area contributed by atoms with E-state index in [9.17, 15) is 32.1 Å². The number of carbonyl (C=O) groups excluding carboxylic acids is 1. The van der Waals surface area contributed by atoms with E-state index >= 15 is 0 Å². The maximum absolute atomic E-state index is 12.3. The molecule has 16 nitrogen and oxygen atoms in total. The summed E-state index contributed by atoms with van der Waals surface area (Å²) in [5, 5.41) is 36.0. The zero-order valence-corrected chi connectivity index (χ0v) is 30.3. The van der Waals surface area contributed by atoms with Crippen molar-refractivity contribution < 1.29 is 40.9 Å². The summed E-state index contributed by atoms with van der Waals surface area (Å²) >= 11 is 0. The molecule has 4 N–H and O–H groups in total. The second-order valence-electron chi connectivity index (χ2n) is 12.7. The van der Waals surface area contributed by atoms with Crippen LogP contribution in [0.2, 0.25) is 0 Å². The Balaban J connectivity index is 2.11. The highest BCUT2D eigenvalue weighted by molar-refractivity contribution is 7.86. The number of hydrogen-bond acceptors (Lipinski definition) is 12. The van der Waals surface area contributed by atoms with Crippen molar-refractivity contribution in [3.05, 3.63) is 58.8 Å². The van der Waals surface area contributed by atoms with Crippen LogP contribution in [-0.4, -0.2) is 71.5 Å². The monoisotopic (exact) mass is 733 g/mol. The smallest absolute Gasteiger partial charge is 0.264 e. The van der Waals surface area contributed by atoms with Crippen LogP contribution in [-0.2, 0) is 41.9 Å². The summed E-state index contributed by atoms with van der Waals surface area (Å²) in [6, 6.07) is 12.5. The summed E-state index contributed by atoms with van der Waals surface area (Å²) in [5.41, 5.74) is 3.06. The Kier molecular flexibility index (Phi) is 13.8. The highest BCUT2D eigenvalue weighted by atomic mass is 32.2. The summed E-state index contributed by atoms with van der Waals surface area (Å²) in [5.74, 6) is -1.13. The third-order valence-corrected chi connectivity index (χ3v) is 9.11. The normalized spacial score (nSPS) is 12.3. The number of unbranched alkanes of at least 4 members (excludes halogenated alkanes) is 2. The number of hydrogen-bond donors (Lipinski definition) is 4. The molecule has 0 aliphatic rings. The van der Waals surface area contributed by atoms with Crippen LogP contribution in [0.15, 0.2) is 46.6 Å². The third kappa shape index (κ3) is 11.7. The van der Waals surface area contributed by atoms with Gasteiger partial charge in [-0.3, -0.25) is 19.2 Å². The highest BCUT2D eigenvalue weighted by Crippen LogP contribution is 2.37. The highest BCUT2D eigenvalue weighted by Gasteiger charge is 2.29. The molecule has 0 fully saturated rings. The molecule has 272 valence electrons. The van der Waals surface area contributed by atoms with Gasteiger partial charge in [0.05, 0.1) is 28.6 Å². The first-order valence-corrected chi connectivity index (χ1v) is 18.9. The molecular formula is C32H43N7O9S2. The molecule has 0 unspecified atom stereocenters. The minimum Gasteiger partial charge on any atom is -0.371 e. The van der Waals surface area contributed by atoms with Crippen LogP contribution in [0.3, 0.4) is 0 Å². The molecule has 0 saturated heterocycles. The Bertz CT molecular complexity index is 1920. The van der Waals surface area contributed by atoms with Crippen LogP contribution in [0, 0.1) is 18.3 Å². The van der Waals surface area contributed by atoms with E-state index in [2.05, 4.69) is 26.5 Å². The quantitative estimate of drug-likeness (QED) is 0.0420. The number of rotatable bonds is 17. The molecule has 0 saturated carbocycles. The lowest BCUT2D eigenvalue weighted by Crippen LogP contribution is -2.26. The standard InChI is InChI=1S/C32H43N7O9S2/c1-22-11-10-12-24(21-48-41)29(22)39-31(26(20-33)30(37-39)32(3,4)5)36-35-27-14-13-25(19-28(27)34-23(2)40)38(15-6-8-17-49(42,43)44)16-7-9-18-50(45,46)47/h10-14,19,41H,6-9,15-18,21H2,1-5H3,(H,34,40)(H,42,43,44)(H,45,46,47). The van der Waals surface area contributed by atoms with Gasteiger partial charge in [0.15, 0.2) is 5.82 Å². The maximum atomic E-state index is 12.3. The Hall–Kier alpha value is -4.25. The third-order valence-electron chi connectivity index (χ3n) is 7.51. The molecule has 3 rings (SSSR count). The predicted molar refractivity (Wildman–Crippen MR) is 188 cm³/mol. The van der Waals surface area contributed by atoms with Gasteiger partial charge in [-0.05, 0) is 56.4 Å². The van der Waals surface area contributed by atoms with Crippen molar-refractivity contribution in [2.24, 2.45) is 10.2 Å². The molecule has 1 amide bonds. The molecule has 50 heavy (non-hydrogen) atoms. The molecule has 0 spiro atoms. The molecule has 0 atom stereocenters. The fraction of sp³-hybridized carbons (Fsp3) is 0.469. The van der Waals surface area contributed by atoms with Crippen molar-refractivity contribution in [2.45, 2.75) is 72.3 Å². The summed E-state index contributed by atoms with van der Waals surface area (Å²) < 4.78 is 64.6. The van der Waals surface area contributed by atoms with Gasteiger partial charge in [-0.25, -0.2) is 9.57 Å². The SMILES string of the molecule is CC(=O)Nc1cc(N(CCCCS(=O)(=O)O)CCCCS(=O)(=O)O)ccc1N=Nc1c(C#N)c(C(C)(C)C)nn1-c1c(C)cccc1COO. The van der Waals surface area contributed by atoms with Gasteiger partial charge in [-0.1, -0.05) is 39.0 Å². The molecule has 0 bridgehead atoms. The number of aromatic nitrogens is 2. The van der Waals surface area contributed by atoms with Crippen LogP contribution in [0.5, 0.6) is 0 Å². The van der Waals surface area contributed by atoms with E-state index in [1.807, 2.05) is 38.7 Å². The van der Waals surface area contributed by atoms with Crippen LogP contribution in [0.4, 0.5) is 22.9 Å². The first kappa shape index (κ1) is 40.2. The maximum Gasteiger partial charge on any atom is 0.264 e. The van der Waals surface area contributed by atoms with Crippen LogP contribution in [0.25, 0.3) is 5.69 Å². The first-order valence-electron chi connectivity index (χ1n) is 15.7. The fourth-order valence-corrected chi connectivity index (χ4v) is 6.38. The number of para-hydroxylation sites is 1. The topological polar surface area (TPSA) is 237 Å². The van der Waals surface area contributed by atoms with E-state index in [-0.39, 0.29) is 42.2 Å². The number of amides is 1. The van der Waals surface area contributed by atoms with Gasteiger partial charge in [0, 0.05) is 36.7 Å². The Morgan fingerprint density at radius 1 is 1.02 bits per heavy atom. The van der Waals surface area contributed by atoms with Crippen LogP contribution < -0.4 is 10.2 Å². The van der Waals surface area contributed by atoms with Crippen molar-refractivity contribution in [1.82, 2.24) is 9.78 Å². The van der Waals surface area contributed by atoms with Crippen LogP contribution >= 0.6 is 0 Å². The number of nitriles is 1. The largest absolute Gasteiger partial charge is 0.371 e. The molecular weight excluding hydrogens is 691 g/mol. The molecule has 3 aromatic rings. The number of nitrogens with one attached hydrogen (secondary N) is 1. The van der Waals surface area contributed by atoms with Crippen LogP contribution in [0.1, 0.15) is 75.8 Å². The Morgan fingerprint density at radius 3 is 2.16 bits per heavy atom. The van der Waals surface area contributed by atoms with Gasteiger partial charge in [0.1, 0.15) is 23.9 Å². The van der Waals surface area contributed by atoms with Gasteiger partial charge < -0.3 is 10.2 Å². The minimum atomic E-state index is -4.15. The zero-order valence-electron chi connectivity index (χ0n) is 28.6. The number of benzene rings is 2. The first-order chi connectivity index (χ1) is 23.3. The molecule has 0 radical (unpaired) electrons. The van der Waals surface area contributed by atoms with Crippen molar-refractivity contribution in [1.29, 1.82) is 5.26 Å². The second-order valence-corrected chi connectivity index (χ2v) is 15.9. The number of carbonyl (C=O) groups is 1. The number of azo groups is 1. The lowest BCUT2D eigenvalue weighted by molar-refractivity contribution is -0.252. The zero-order chi connectivity index (χ0) is 37.3. The second kappa shape index (κ2) is 17.1. The van der Waals surface area contributed by atoms with E-state index in [1.54, 1.807) is 30.3 Å². The molecule has 18 heteroatoms. The summed E-state index contributed by atoms with van der Waals surface area (Å²) in [6.07, 6.45) is 1.08. The average molecular weight is 734 g/mol. The molecule has 0 aliphatic carbocycles. The van der Waals surface area contributed by atoms with Gasteiger partial charge in [0.25, 0.3) is 20.2 Å². The van der Waals surface area contributed by atoms with E-state index < -0.39 is 43.1 Å². The van der Waals surface area contributed by atoms with E-state index in [0.717, 1.165) is 5.56 Å². The Labute approximate surface area is 292 Å². The molecule has 1 aromatic heterocycles. The van der Waals surface area contributed by atoms with Gasteiger partial charge in [-0.2, -0.15) is 27.2 Å². The summed E-state index contributed by atoms with van der Waals surface area (Å²) in [6.45, 7) is 9.38. The predicted octanol–water partition coefficient (Wildman–Crippen LogP) is 5.86. The lowest BCUT2D eigenvalue weighted by atomic mass is 9.90. The average Bonchev–Trinajstić information content (AvgIpc) is 3.37. The van der Waals surface area contributed by atoms with Gasteiger partial charge in [0.2, 0.25) is 5.91 Å². The number of aryl methyl sites for hydroxylation is 1. The molecule has 1 heterocycles. The van der Waals surface area contributed by atoms with E-state index in [0.29, 0.717) is 48.6 Å². The van der Waals surface area contributed by atoms with E-state index in [1.165, 1.54) is 11.6 Å². The van der Waals surface area contributed by atoms with E-state index in [4.69, 9.17) is 14.2 Å². The van der Waals surface area contributed by atoms with Gasteiger partial charge in [-0.15, -0.1) is 10.2 Å². The van der Waals surface area contributed by atoms with Crippen molar-refractivity contribution in [2.75, 3.05) is 34.8 Å². The van der Waals surface area contributed by atoms with Crippen molar-refractivity contribution in [3.8, 4) is 11.8 Å². The van der Waals surface area contributed by atoms with Crippen molar-refractivity contribution >= 4 is 49.0 Å². The molecule has 2 aromatic carbocycles. The summed E-state index contributed by atoms with van der Waals surface area (Å²) in [7, 11) is -8.29. The number of anilines is 2. The summed E-state index contributed by atoms with van der Waals surface area (Å²) in [4.78, 5) is 18.6. The Morgan fingerprint density at radius 2 is 1.64 bits per heavy atom.